The van der Waals surface area contributed by atoms with Crippen molar-refractivity contribution in [3.63, 3.8) is 0 Å². The lowest BCUT2D eigenvalue weighted by Gasteiger charge is -2.06. The van der Waals surface area contributed by atoms with E-state index < -0.39 is 0 Å². The van der Waals surface area contributed by atoms with E-state index >= 15 is 0 Å². The summed E-state index contributed by atoms with van der Waals surface area (Å²) in [5.41, 5.74) is 6.45. The Kier molecular flexibility index (Phi) is 4.41. The average molecular weight is 246 g/mol. The van der Waals surface area contributed by atoms with Crippen LogP contribution in [0.4, 0.5) is 0 Å². The number of nitrogens with two attached hydrogens (primary N) is 1. The molecule has 2 rings (SSSR count). The van der Waals surface area contributed by atoms with Crippen LogP contribution in [-0.4, -0.2) is 21.7 Å². The maximum absolute atomic E-state index is 5.52. The van der Waals surface area contributed by atoms with Crippen LogP contribution in [0.25, 0.3) is 11.4 Å². The van der Waals surface area contributed by atoms with Crippen molar-refractivity contribution in [2.24, 2.45) is 11.7 Å². The van der Waals surface area contributed by atoms with Crippen LogP contribution < -0.4 is 5.73 Å². The van der Waals surface area contributed by atoms with Crippen molar-refractivity contribution in [3.05, 3.63) is 30.4 Å². The summed E-state index contributed by atoms with van der Waals surface area (Å²) in [6.07, 6.45) is 6.29. The van der Waals surface area contributed by atoms with Gasteiger partial charge in [-0.05, 0) is 37.4 Å². The number of rotatable bonds is 6. The fourth-order valence-corrected chi connectivity index (χ4v) is 1.77. The molecule has 0 aliphatic carbocycles. The van der Waals surface area contributed by atoms with Gasteiger partial charge in [-0.15, -0.1) is 0 Å². The Balaban J connectivity index is 1.95. The Morgan fingerprint density at radius 1 is 1.28 bits per heavy atom. The first-order valence-corrected chi connectivity index (χ1v) is 6.22. The molecule has 0 bridgehead atoms. The molecule has 0 aliphatic rings. The molecule has 5 heteroatoms. The number of hydrogen-bond acceptors (Lipinski definition) is 5. The van der Waals surface area contributed by atoms with E-state index in [1.165, 1.54) is 0 Å². The van der Waals surface area contributed by atoms with Crippen molar-refractivity contribution >= 4 is 0 Å². The van der Waals surface area contributed by atoms with Crippen molar-refractivity contribution in [1.82, 2.24) is 15.1 Å². The van der Waals surface area contributed by atoms with E-state index in [0.29, 0.717) is 17.6 Å². The normalized spacial score (nSPS) is 12.6. The van der Waals surface area contributed by atoms with Gasteiger partial charge in [-0.3, -0.25) is 4.98 Å². The summed E-state index contributed by atoms with van der Waals surface area (Å²) < 4.78 is 5.23. The fourth-order valence-electron chi connectivity index (χ4n) is 1.77. The molecule has 0 radical (unpaired) electrons. The van der Waals surface area contributed by atoms with Crippen molar-refractivity contribution in [3.8, 4) is 11.4 Å². The summed E-state index contributed by atoms with van der Waals surface area (Å²) >= 11 is 0. The first-order valence-electron chi connectivity index (χ1n) is 6.22. The lowest BCUT2D eigenvalue weighted by Crippen LogP contribution is -2.06. The largest absolute Gasteiger partial charge is 0.339 e. The maximum Gasteiger partial charge on any atom is 0.226 e. The highest BCUT2D eigenvalue weighted by Gasteiger charge is 2.09. The second kappa shape index (κ2) is 6.26. The topological polar surface area (TPSA) is 77.8 Å². The minimum absolute atomic E-state index is 0.589. The molecule has 0 saturated carbocycles. The first-order chi connectivity index (χ1) is 8.79. The van der Waals surface area contributed by atoms with Crippen LogP contribution in [0, 0.1) is 5.92 Å². The molecule has 2 N–H and O–H groups in total. The number of pyridine rings is 1. The van der Waals surface area contributed by atoms with E-state index in [1.807, 2.05) is 12.1 Å². The van der Waals surface area contributed by atoms with Gasteiger partial charge < -0.3 is 10.3 Å². The van der Waals surface area contributed by atoms with Crippen LogP contribution >= 0.6 is 0 Å². The lowest BCUT2D eigenvalue weighted by atomic mass is 10.0. The monoisotopic (exact) mass is 246 g/mol. The third kappa shape index (κ3) is 3.37. The summed E-state index contributed by atoms with van der Waals surface area (Å²) in [5.74, 6) is 1.90. The van der Waals surface area contributed by atoms with Crippen LogP contribution in [0.3, 0.4) is 0 Å². The van der Waals surface area contributed by atoms with Gasteiger partial charge in [0.25, 0.3) is 0 Å². The molecule has 0 aromatic carbocycles. The van der Waals surface area contributed by atoms with E-state index in [4.69, 9.17) is 10.3 Å². The molecule has 0 fully saturated rings. The molecule has 2 aromatic heterocycles. The van der Waals surface area contributed by atoms with Gasteiger partial charge in [0.1, 0.15) is 0 Å². The molecular weight excluding hydrogens is 228 g/mol. The van der Waals surface area contributed by atoms with Crippen molar-refractivity contribution in [1.29, 1.82) is 0 Å². The summed E-state index contributed by atoms with van der Waals surface area (Å²) in [5, 5.41) is 3.97. The first kappa shape index (κ1) is 12.7. The minimum atomic E-state index is 0.589. The Morgan fingerprint density at radius 3 is 2.78 bits per heavy atom. The molecule has 0 aliphatic heterocycles. The van der Waals surface area contributed by atoms with Crippen LogP contribution in [0.1, 0.15) is 25.7 Å². The van der Waals surface area contributed by atoms with Gasteiger partial charge in [0.15, 0.2) is 0 Å². The molecule has 0 spiro atoms. The van der Waals surface area contributed by atoms with Gasteiger partial charge >= 0.3 is 0 Å². The van der Waals surface area contributed by atoms with Crippen molar-refractivity contribution < 1.29 is 4.52 Å². The van der Waals surface area contributed by atoms with E-state index in [2.05, 4.69) is 22.0 Å². The highest BCUT2D eigenvalue weighted by molar-refractivity contribution is 5.52. The van der Waals surface area contributed by atoms with Crippen LogP contribution in [0.15, 0.2) is 29.0 Å². The van der Waals surface area contributed by atoms with Crippen LogP contribution in [-0.2, 0) is 6.42 Å². The minimum Gasteiger partial charge on any atom is -0.339 e. The van der Waals surface area contributed by atoms with Crippen molar-refractivity contribution in [2.75, 3.05) is 6.54 Å². The van der Waals surface area contributed by atoms with Gasteiger partial charge in [0, 0.05) is 24.4 Å². The fraction of sp³-hybridized carbons (Fsp3) is 0.462. The second-order valence-electron chi connectivity index (χ2n) is 4.47. The van der Waals surface area contributed by atoms with Gasteiger partial charge in [-0.1, -0.05) is 12.1 Å². The molecule has 18 heavy (non-hydrogen) atoms. The second-order valence-corrected chi connectivity index (χ2v) is 4.47. The van der Waals surface area contributed by atoms with E-state index in [-0.39, 0.29) is 0 Å². The Morgan fingerprint density at radius 2 is 2.06 bits per heavy atom. The highest BCUT2D eigenvalue weighted by atomic mass is 16.5. The standard InChI is InChI=1S/C13H18N4O/c1-10(4-7-14)2-3-12-16-13(17-18-12)11-5-8-15-9-6-11/h5-6,8-10H,2-4,7,14H2,1H3. The quantitative estimate of drug-likeness (QED) is 0.844. The Bertz CT molecular complexity index is 469. The molecule has 2 aromatic rings. The van der Waals surface area contributed by atoms with E-state index in [9.17, 15) is 0 Å². The number of hydrogen-bond donors (Lipinski definition) is 1. The van der Waals surface area contributed by atoms with Crippen LogP contribution in [0.5, 0.6) is 0 Å². The highest BCUT2D eigenvalue weighted by Crippen LogP contribution is 2.16. The Hall–Kier alpha value is -1.75. The zero-order chi connectivity index (χ0) is 12.8. The Labute approximate surface area is 106 Å². The third-order valence-corrected chi connectivity index (χ3v) is 2.92. The summed E-state index contributed by atoms with van der Waals surface area (Å²) in [4.78, 5) is 8.34. The molecule has 96 valence electrons. The third-order valence-electron chi connectivity index (χ3n) is 2.92. The average Bonchev–Trinajstić information content (AvgIpc) is 2.87. The summed E-state index contributed by atoms with van der Waals surface area (Å²) in [7, 11) is 0. The zero-order valence-electron chi connectivity index (χ0n) is 10.5. The van der Waals surface area contributed by atoms with Gasteiger partial charge in [0.05, 0.1) is 0 Å². The molecular formula is C13H18N4O. The number of nitrogens with zero attached hydrogens (tertiary/aromatic N) is 3. The molecule has 5 nitrogen and oxygen atoms in total. The summed E-state index contributed by atoms with van der Waals surface area (Å²) in [6, 6.07) is 3.73. The van der Waals surface area contributed by atoms with Gasteiger partial charge in [-0.2, -0.15) is 4.98 Å². The summed E-state index contributed by atoms with van der Waals surface area (Å²) in [6.45, 7) is 2.92. The molecule has 0 amide bonds. The molecule has 2 heterocycles. The lowest BCUT2D eigenvalue weighted by molar-refractivity contribution is 0.362. The predicted octanol–water partition coefficient (Wildman–Crippen LogP) is 2.05. The van der Waals surface area contributed by atoms with E-state index in [0.717, 1.165) is 31.4 Å². The predicted molar refractivity (Wildman–Crippen MR) is 68.7 cm³/mol. The zero-order valence-corrected chi connectivity index (χ0v) is 10.5. The van der Waals surface area contributed by atoms with Gasteiger partial charge in [-0.25, -0.2) is 0 Å². The molecule has 1 unspecified atom stereocenters. The smallest absolute Gasteiger partial charge is 0.226 e. The van der Waals surface area contributed by atoms with Crippen LogP contribution in [0.2, 0.25) is 0 Å². The number of aromatic nitrogens is 3. The van der Waals surface area contributed by atoms with Crippen molar-refractivity contribution in [2.45, 2.75) is 26.2 Å². The molecule has 1 atom stereocenters. The van der Waals surface area contributed by atoms with E-state index in [1.54, 1.807) is 12.4 Å². The molecule has 0 saturated heterocycles. The SMILES string of the molecule is CC(CCN)CCc1nc(-c2ccncc2)no1. The maximum atomic E-state index is 5.52. The van der Waals surface area contributed by atoms with Gasteiger partial charge in [0.2, 0.25) is 11.7 Å². The number of aryl methyl sites for hydroxylation is 1.